The van der Waals surface area contributed by atoms with E-state index in [9.17, 15) is 0 Å². The van der Waals surface area contributed by atoms with Gasteiger partial charge >= 0.3 is 0 Å². The molecule has 5 nitrogen and oxygen atoms in total. The molecule has 2 heterocycles. The predicted octanol–water partition coefficient (Wildman–Crippen LogP) is 1.13. The third-order valence-electron chi connectivity index (χ3n) is 2.52. The van der Waals surface area contributed by atoms with Crippen molar-refractivity contribution in [3.8, 4) is 11.8 Å². The van der Waals surface area contributed by atoms with Gasteiger partial charge in [-0.1, -0.05) is 18.2 Å². The normalized spacial score (nSPS) is 13.1. The molecule has 1 aromatic heterocycles. The SMILES string of the molecule is N#CC1=Cc2ccccc2-n2nnnc2C1. The fourth-order valence-corrected chi connectivity index (χ4v) is 1.79. The number of allylic oxidation sites excluding steroid dienone is 1. The summed E-state index contributed by atoms with van der Waals surface area (Å²) in [5.41, 5.74) is 2.54. The number of nitrogens with zero attached hydrogens (tertiary/aromatic N) is 5. The zero-order chi connectivity index (χ0) is 11.0. The zero-order valence-corrected chi connectivity index (χ0v) is 8.33. The maximum atomic E-state index is 9.01. The molecule has 0 spiro atoms. The van der Waals surface area contributed by atoms with Gasteiger partial charge in [0.15, 0.2) is 5.82 Å². The molecule has 0 amide bonds. The molecule has 0 unspecified atom stereocenters. The Morgan fingerprint density at radius 2 is 2.19 bits per heavy atom. The summed E-state index contributed by atoms with van der Waals surface area (Å²) in [7, 11) is 0. The molecule has 0 atom stereocenters. The van der Waals surface area contributed by atoms with Gasteiger partial charge in [-0.05, 0) is 22.6 Å². The van der Waals surface area contributed by atoms with E-state index in [1.807, 2.05) is 30.3 Å². The summed E-state index contributed by atoms with van der Waals surface area (Å²) in [6, 6.07) is 9.91. The molecule has 2 aromatic rings. The number of benzene rings is 1. The summed E-state index contributed by atoms with van der Waals surface area (Å²) < 4.78 is 1.68. The Kier molecular flexibility index (Phi) is 1.80. The van der Waals surface area contributed by atoms with E-state index in [0.717, 1.165) is 11.3 Å². The summed E-state index contributed by atoms with van der Waals surface area (Å²) >= 11 is 0. The molecule has 0 saturated heterocycles. The lowest BCUT2D eigenvalue weighted by atomic mass is 10.1. The van der Waals surface area contributed by atoms with Crippen molar-refractivity contribution in [3.05, 3.63) is 41.2 Å². The van der Waals surface area contributed by atoms with Crippen LogP contribution in [0.25, 0.3) is 11.8 Å². The second kappa shape index (κ2) is 3.28. The largest absolute Gasteiger partial charge is 0.196 e. The third kappa shape index (κ3) is 1.21. The Labute approximate surface area is 91.6 Å². The molecule has 0 saturated carbocycles. The predicted molar refractivity (Wildman–Crippen MR) is 56.4 cm³/mol. The van der Waals surface area contributed by atoms with Crippen molar-refractivity contribution in [1.29, 1.82) is 5.26 Å². The maximum Gasteiger partial charge on any atom is 0.161 e. The van der Waals surface area contributed by atoms with Crippen LogP contribution in [-0.2, 0) is 6.42 Å². The lowest BCUT2D eigenvalue weighted by Gasteiger charge is -2.03. The van der Waals surface area contributed by atoms with Crippen LogP contribution in [0.4, 0.5) is 0 Å². The minimum absolute atomic E-state index is 0.470. The molecule has 1 aromatic carbocycles. The average molecular weight is 209 g/mol. The van der Waals surface area contributed by atoms with E-state index in [-0.39, 0.29) is 0 Å². The van der Waals surface area contributed by atoms with Crippen LogP contribution in [0.3, 0.4) is 0 Å². The number of hydrogen-bond acceptors (Lipinski definition) is 4. The molecular weight excluding hydrogens is 202 g/mol. The summed E-state index contributed by atoms with van der Waals surface area (Å²) in [6.45, 7) is 0. The summed E-state index contributed by atoms with van der Waals surface area (Å²) in [5.74, 6) is 0.692. The smallest absolute Gasteiger partial charge is 0.161 e. The molecule has 0 aliphatic carbocycles. The highest BCUT2D eigenvalue weighted by Crippen LogP contribution is 2.22. The highest BCUT2D eigenvalue weighted by atomic mass is 15.5. The van der Waals surface area contributed by atoms with Gasteiger partial charge in [-0.3, -0.25) is 0 Å². The number of para-hydroxylation sites is 1. The van der Waals surface area contributed by atoms with Gasteiger partial charge in [-0.25, -0.2) is 0 Å². The van der Waals surface area contributed by atoms with Crippen LogP contribution >= 0.6 is 0 Å². The minimum atomic E-state index is 0.470. The average Bonchev–Trinajstić information content (AvgIpc) is 2.71. The Hall–Kier alpha value is -2.48. The van der Waals surface area contributed by atoms with E-state index in [1.165, 1.54) is 0 Å². The number of hydrogen-bond donors (Lipinski definition) is 0. The van der Waals surface area contributed by atoms with Gasteiger partial charge in [0.2, 0.25) is 0 Å². The number of fused-ring (bicyclic) bond motifs is 3. The lowest BCUT2D eigenvalue weighted by Crippen LogP contribution is -2.02. The van der Waals surface area contributed by atoms with Gasteiger partial charge in [0, 0.05) is 17.6 Å². The third-order valence-corrected chi connectivity index (χ3v) is 2.52. The molecule has 0 fully saturated rings. The lowest BCUT2D eigenvalue weighted by molar-refractivity contribution is 0.773. The molecule has 3 rings (SSSR count). The van der Waals surface area contributed by atoms with Crippen LogP contribution in [0, 0.1) is 11.3 Å². The van der Waals surface area contributed by atoms with Crippen LogP contribution in [0.2, 0.25) is 0 Å². The van der Waals surface area contributed by atoms with Crippen LogP contribution < -0.4 is 0 Å². The van der Waals surface area contributed by atoms with E-state index < -0.39 is 0 Å². The Bertz CT molecular complexity index is 617. The second-order valence-electron chi connectivity index (χ2n) is 3.52. The second-order valence-corrected chi connectivity index (χ2v) is 3.52. The van der Waals surface area contributed by atoms with Gasteiger partial charge in [0.1, 0.15) is 0 Å². The van der Waals surface area contributed by atoms with Crippen molar-refractivity contribution in [1.82, 2.24) is 20.2 Å². The number of tetrazole rings is 1. The fourth-order valence-electron chi connectivity index (χ4n) is 1.79. The first kappa shape index (κ1) is 8.80. The minimum Gasteiger partial charge on any atom is -0.196 e. The number of aromatic nitrogens is 4. The first-order valence-corrected chi connectivity index (χ1v) is 4.86. The highest BCUT2D eigenvalue weighted by molar-refractivity contribution is 5.66. The van der Waals surface area contributed by atoms with E-state index in [1.54, 1.807) is 4.68 Å². The van der Waals surface area contributed by atoms with Crippen LogP contribution in [0.1, 0.15) is 11.4 Å². The summed E-state index contributed by atoms with van der Waals surface area (Å²) in [6.07, 6.45) is 2.34. The first-order valence-electron chi connectivity index (χ1n) is 4.86. The van der Waals surface area contributed by atoms with Crippen molar-refractivity contribution >= 4 is 6.08 Å². The number of rotatable bonds is 0. The monoisotopic (exact) mass is 209 g/mol. The van der Waals surface area contributed by atoms with Gasteiger partial charge in [-0.15, -0.1) is 5.10 Å². The Balaban J connectivity index is 2.33. The first-order chi connectivity index (χ1) is 7.88. The topological polar surface area (TPSA) is 67.4 Å². The quantitative estimate of drug-likeness (QED) is 0.652. The fraction of sp³-hybridized carbons (Fsp3) is 0.0909. The molecule has 1 aliphatic heterocycles. The molecule has 1 aliphatic rings. The standard InChI is InChI=1S/C11H7N5/c12-7-8-5-9-3-1-2-4-10(9)16-11(6-8)13-14-15-16/h1-5H,6H2. The van der Waals surface area contributed by atoms with Crippen LogP contribution in [0.15, 0.2) is 29.8 Å². The van der Waals surface area contributed by atoms with Crippen molar-refractivity contribution in [3.63, 3.8) is 0 Å². The van der Waals surface area contributed by atoms with Gasteiger partial charge in [-0.2, -0.15) is 9.94 Å². The zero-order valence-electron chi connectivity index (χ0n) is 8.33. The molecule has 0 bridgehead atoms. The van der Waals surface area contributed by atoms with Crippen molar-refractivity contribution < 1.29 is 0 Å². The highest BCUT2D eigenvalue weighted by Gasteiger charge is 2.16. The van der Waals surface area contributed by atoms with Crippen LogP contribution in [-0.4, -0.2) is 20.2 Å². The van der Waals surface area contributed by atoms with Gasteiger partial charge < -0.3 is 0 Å². The molecule has 0 radical (unpaired) electrons. The van der Waals surface area contributed by atoms with Crippen molar-refractivity contribution in [2.75, 3.05) is 0 Å². The molecule has 0 N–H and O–H groups in total. The van der Waals surface area contributed by atoms with E-state index in [0.29, 0.717) is 17.8 Å². The van der Waals surface area contributed by atoms with Crippen LogP contribution in [0.5, 0.6) is 0 Å². The Morgan fingerprint density at radius 3 is 3.06 bits per heavy atom. The van der Waals surface area contributed by atoms with E-state index >= 15 is 0 Å². The van der Waals surface area contributed by atoms with Crippen molar-refractivity contribution in [2.24, 2.45) is 0 Å². The summed E-state index contributed by atoms with van der Waals surface area (Å²) in [4.78, 5) is 0. The molecule has 16 heavy (non-hydrogen) atoms. The molecular formula is C11H7N5. The van der Waals surface area contributed by atoms with E-state index in [4.69, 9.17) is 5.26 Å². The maximum absolute atomic E-state index is 9.01. The number of nitriles is 1. The summed E-state index contributed by atoms with van der Waals surface area (Å²) in [5, 5.41) is 20.5. The Morgan fingerprint density at radius 1 is 1.31 bits per heavy atom. The van der Waals surface area contributed by atoms with Gasteiger partial charge in [0.25, 0.3) is 0 Å². The van der Waals surface area contributed by atoms with Crippen molar-refractivity contribution in [2.45, 2.75) is 6.42 Å². The van der Waals surface area contributed by atoms with Gasteiger partial charge in [0.05, 0.1) is 11.8 Å². The molecule has 5 heteroatoms. The molecule has 76 valence electrons. The van der Waals surface area contributed by atoms with E-state index in [2.05, 4.69) is 21.6 Å².